The summed E-state index contributed by atoms with van der Waals surface area (Å²) in [6.07, 6.45) is 5.21. The Kier molecular flexibility index (Phi) is 2.68. The number of rotatable bonds is 2. The smallest absolute Gasteiger partial charge is 0.285 e. The standard InChI is InChI=1S/C14H12N4O2/c1-3-8-17-13(19)15-12-9-16(14(20)18(12)17)11-6-4-10(2)5-7-11/h1,4-7H,8-9H2,2H3. The summed E-state index contributed by atoms with van der Waals surface area (Å²) in [4.78, 5) is 29.5. The van der Waals surface area contributed by atoms with Crippen molar-refractivity contribution < 1.29 is 4.79 Å². The maximum absolute atomic E-state index is 12.4. The Morgan fingerprint density at radius 3 is 2.65 bits per heavy atom. The summed E-state index contributed by atoms with van der Waals surface area (Å²) in [5.74, 6) is 2.77. The molecule has 2 aromatic rings. The van der Waals surface area contributed by atoms with Crippen molar-refractivity contribution in [2.24, 2.45) is 0 Å². The van der Waals surface area contributed by atoms with Crippen LogP contribution in [-0.4, -0.2) is 20.4 Å². The summed E-state index contributed by atoms with van der Waals surface area (Å²) in [6.45, 7) is 2.28. The Balaban J connectivity index is 2.02. The Labute approximate surface area is 115 Å². The van der Waals surface area contributed by atoms with E-state index in [9.17, 15) is 9.59 Å². The second-order valence-corrected chi connectivity index (χ2v) is 4.59. The summed E-state index contributed by atoms with van der Waals surface area (Å²) in [5, 5.41) is 0. The van der Waals surface area contributed by atoms with Crippen molar-refractivity contribution in [3.63, 3.8) is 0 Å². The number of fused-ring (bicyclic) bond motifs is 1. The summed E-state index contributed by atoms with van der Waals surface area (Å²) in [6, 6.07) is 7.27. The molecule has 1 aromatic carbocycles. The quantitative estimate of drug-likeness (QED) is 0.763. The molecule has 0 saturated carbocycles. The fourth-order valence-electron chi connectivity index (χ4n) is 2.23. The molecule has 0 aliphatic carbocycles. The molecule has 6 nitrogen and oxygen atoms in total. The van der Waals surface area contributed by atoms with Crippen LogP contribution in [-0.2, 0) is 13.1 Å². The summed E-state index contributed by atoms with van der Waals surface area (Å²) in [5.41, 5.74) is 1.39. The van der Waals surface area contributed by atoms with E-state index in [4.69, 9.17) is 6.42 Å². The number of benzene rings is 1. The van der Waals surface area contributed by atoms with Gasteiger partial charge in [-0.2, -0.15) is 9.67 Å². The molecule has 2 heterocycles. The third-order valence-electron chi connectivity index (χ3n) is 3.23. The lowest BCUT2D eigenvalue weighted by molar-refractivity contribution is 0.245. The molecular weight excluding hydrogens is 256 g/mol. The molecule has 1 aliphatic rings. The molecule has 0 unspecified atom stereocenters. The zero-order chi connectivity index (χ0) is 14.3. The van der Waals surface area contributed by atoms with E-state index in [1.807, 2.05) is 31.2 Å². The molecule has 0 fully saturated rings. The molecule has 0 spiro atoms. The second-order valence-electron chi connectivity index (χ2n) is 4.59. The molecule has 0 atom stereocenters. The van der Waals surface area contributed by atoms with Gasteiger partial charge in [-0.05, 0) is 19.1 Å². The molecule has 20 heavy (non-hydrogen) atoms. The van der Waals surface area contributed by atoms with Crippen LogP contribution in [0.3, 0.4) is 0 Å². The first-order chi connectivity index (χ1) is 9.61. The molecule has 0 saturated heterocycles. The van der Waals surface area contributed by atoms with Crippen LogP contribution in [0.1, 0.15) is 11.4 Å². The monoisotopic (exact) mass is 268 g/mol. The Hall–Kier alpha value is -2.81. The number of nitrogens with zero attached hydrogens (tertiary/aromatic N) is 4. The minimum atomic E-state index is -0.491. The number of hydrogen-bond donors (Lipinski definition) is 0. The lowest BCUT2D eigenvalue weighted by Crippen LogP contribution is -2.33. The van der Waals surface area contributed by atoms with E-state index in [0.717, 1.165) is 11.3 Å². The van der Waals surface area contributed by atoms with Crippen molar-refractivity contribution in [2.45, 2.75) is 20.0 Å². The first-order valence-corrected chi connectivity index (χ1v) is 6.12. The molecule has 1 aromatic heterocycles. The van der Waals surface area contributed by atoms with E-state index in [1.165, 1.54) is 9.36 Å². The van der Waals surface area contributed by atoms with E-state index >= 15 is 0 Å². The molecule has 6 heteroatoms. The maximum Gasteiger partial charge on any atom is 0.365 e. The van der Waals surface area contributed by atoms with Crippen LogP contribution in [0.5, 0.6) is 0 Å². The number of anilines is 1. The number of terminal acetylenes is 1. The number of aryl methyl sites for hydroxylation is 1. The summed E-state index contributed by atoms with van der Waals surface area (Å²) in [7, 11) is 0. The highest BCUT2D eigenvalue weighted by Gasteiger charge is 2.32. The van der Waals surface area contributed by atoms with Gasteiger partial charge < -0.3 is 0 Å². The van der Waals surface area contributed by atoms with Gasteiger partial charge in [0.1, 0.15) is 6.54 Å². The van der Waals surface area contributed by atoms with Gasteiger partial charge in [0.15, 0.2) is 5.82 Å². The van der Waals surface area contributed by atoms with Crippen LogP contribution in [0.15, 0.2) is 29.1 Å². The zero-order valence-electron chi connectivity index (χ0n) is 10.9. The van der Waals surface area contributed by atoms with Gasteiger partial charge >= 0.3 is 11.7 Å². The molecular formula is C14H12N4O2. The SMILES string of the molecule is C#CCn1c(=O)nc2n1C(=O)N(c1ccc(C)cc1)C2. The molecule has 3 rings (SSSR count). The van der Waals surface area contributed by atoms with Gasteiger partial charge in [0.2, 0.25) is 0 Å². The van der Waals surface area contributed by atoms with Crippen LogP contribution >= 0.6 is 0 Å². The van der Waals surface area contributed by atoms with Crippen molar-refractivity contribution in [1.82, 2.24) is 14.3 Å². The fraction of sp³-hybridized carbons (Fsp3) is 0.214. The maximum atomic E-state index is 12.4. The van der Waals surface area contributed by atoms with Crippen LogP contribution < -0.4 is 10.6 Å². The van der Waals surface area contributed by atoms with Gasteiger partial charge in [0, 0.05) is 5.69 Å². The van der Waals surface area contributed by atoms with Gasteiger partial charge in [-0.3, -0.25) is 4.90 Å². The minimum Gasteiger partial charge on any atom is -0.285 e. The highest BCUT2D eigenvalue weighted by molar-refractivity contribution is 5.95. The molecule has 0 bridgehead atoms. The highest BCUT2D eigenvalue weighted by Crippen LogP contribution is 2.22. The average Bonchev–Trinajstić information content (AvgIpc) is 2.89. The predicted molar refractivity (Wildman–Crippen MR) is 73.5 cm³/mol. The average molecular weight is 268 g/mol. The number of carbonyl (C=O) groups excluding carboxylic acids is 1. The van der Waals surface area contributed by atoms with Gasteiger partial charge in [-0.1, -0.05) is 23.6 Å². The van der Waals surface area contributed by atoms with Crippen LogP contribution in [0.25, 0.3) is 0 Å². The topological polar surface area (TPSA) is 60.1 Å². The molecule has 0 N–H and O–H groups in total. The number of amides is 1. The van der Waals surface area contributed by atoms with Crippen LogP contribution in [0.2, 0.25) is 0 Å². The Bertz CT molecular complexity index is 777. The van der Waals surface area contributed by atoms with E-state index in [-0.39, 0.29) is 19.1 Å². The van der Waals surface area contributed by atoms with Gasteiger partial charge in [-0.15, -0.1) is 6.42 Å². The fourth-order valence-corrected chi connectivity index (χ4v) is 2.23. The number of hydrogen-bond acceptors (Lipinski definition) is 3. The molecule has 1 amide bonds. The van der Waals surface area contributed by atoms with Crippen LogP contribution in [0, 0.1) is 19.3 Å². The largest absolute Gasteiger partial charge is 0.365 e. The van der Waals surface area contributed by atoms with E-state index in [1.54, 1.807) is 4.90 Å². The minimum absolute atomic E-state index is 0.0271. The van der Waals surface area contributed by atoms with E-state index in [0.29, 0.717) is 5.82 Å². The first kappa shape index (κ1) is 12.2. The third-order valence-corrected chi connectivity index (χ3v) is 3.23. The Morgan fingerprint density at radius 2 is 2.00 bits per heavy atom. The summed E-state index contributed by atoms with van der Waals surface area (Å²) < 4.78 is 2.42. The van der Waals surface area contributed by atoms with Crippen LogP contribution in [0.4, 0.5) is 10.5 Å². The zero-order valence-corrected chi connectivity index (χ0v) is 10.9. The normalized spacial score (nSPS) is 13.4. The van der Waals surface area contributed by atoms with Gasteiger partial charge in [0.05, 0.1) is 6.54 Å². The lowest BCUT2D eigenvalue weighted by atomic mass is 10.2. The van der Waals surface area contributed by atoms with E-state index < -0.39 is 5.69 Å². The Morgan fingerprint density at radius 1 is 1.30 bits per heavy atom. The third kappa shape index (κ3) is 1.72. The van der Waals surface area contributed by atoms with Crippen molar-refractivity contribution in [2.75, 3.05) is 4.90 Å². The van der Waals surface area contributed by atoms with Crippen molar-refractivity contribution in [3.05, 3.63) is 46.1 Å². The van der Waals surface area contributed by atoms with Gasteiger partial charge in [0.25, 0.3) is 0 Å². The van der Waals surface area contributed by atoms with Crippen molar-refractivity contribution in [1.29, 1.82) is 0 Å². The molecule has 100 valence electrons. The predicted octanol–water partition coefficient (Wildman–Crippen LogP) is 0.975. The number of aromatic nitrogens is 3. The van der Waals surface area contributed by atoms with Crippen molar-refractivity contribution >= 4 is 11.7 Å². The molecule has 1 aliphatic heterocycles. The first-order valence-electron chi connectivity index (χ1n) is 6.12. The van der Waals surface area contributed by atoms with E-state index in [2.05, 4.69) is 10.9 Å². The van der Waals surface area contributed by atoms with Gasteiger partial charge in [-0.25, -0.2) is 14.3 Å². The summed E-state index contributed by atoms with van der Waals surface area (Å²) >= 11 is 0. The molecule has 0 radical (unpaired) electrons. The van der Waals surface area contributed by atoms with Crippen molar-refractivity contribution in [3.8, 4) is 12.3 Å². The highest BCUT2D eigenvalue weighted by atomic mass is 16.2. The second kappa shape index (κ2) is 4.38. The number of carbonyl (C=O) groups is 1. The lowest BCUT2D eigenvalue weighted by Gasteiger charge is -2.15.